The number of benzene rings is 3. The summed E-state index contributed by atoms with van der Waals surface area (Å²) < 4.78 is 33.4. The number of halogens is 2. The molecule has 1 aromatic heterocycles. The van der Waals surface area contributed by atoms with Crippen molar-refractivity contribution < 1.29 is 13.2 Å². The molecule has 0 fully saturated rings. The van der Waals surface area contributed by atoms with Gasteiger partial charge in [-0.25, -0.2) is 13.1 Å². The summed E-state index contributed by atoms with van der Waals surface area (Å²) in [6.45, 7) is 0.0986. The smallest absolute Gasteiger partial charge is 0.240 e. The van der Waals surface area contributed by atoms with Crippen molar-refractivity contribution in [3.05, 3.63) is 93.3 Å². The van der Waals surface area contributed by atoms with E-state index in [1.165, 1.54) is 35.6 Å². The van der Waals surface area contributed by atoms with Crippen LogP contribution in [0.4, 0.5) is 0 Å². The molecule has 0 aliphatic rings. The maximum Gasteiger partial charge on any atom is 0.240 e. The third-order valence-corrected chi connectivity index (χ3v) is 8.24. The van der Waals surface area contributed by atoms with Gasteiger partial charge in [-0.2, -0.15) is 5.26 Å². The molecule has 0 saturated carbocycles. The molecule has 1 N–H and O–H groups in total. The van der Waals surface area contributed by atoms with Crippen molar-refractivity contribution in [3.63, 3.8) is 0 Å². The molecular formula is C25H18Cl2N2O3S2. The molecule has 0 saturated heterocycles. The highest BCUT2D eigenvalue weighted by Gasteiger charge is 2.18. The van der Waals surface area contributed by atoms with E-state index < -0.39 is 10.0 Å². The lowest BCUT2D eigenvalue weighted by Gasteiger charge is -2.08. The van der Waals surface area contributed by atoms with Crippen molar-refractivity contribution in [1.29, 1.82) is 5.26 Å². The monoisotopic (exact) mass is 528 g/mol. The van der Waals surface area contributed by atoms with E-state index in [0.29, 0.717) is 15.6 Å². The molecule has 4 aromatic rings. The average molecular weight is 529 g/mol. The second-order valence-electron chi connectivity index (χ2n) is 7.27. The van der Waals surface area contributed by atoms with Crippen LogP contribution in [0.5, 0.6) is 5.75 Å². The Labute approximate surface area is 212 Å². The lowest BCUT2D eigenvalue weighted by atomic mass is 10.0. The molecule has 9 heteroatoms. The number of hydrogen-bond acceptors (Lipinski definition) is 5. The zero-order valence-electron chi connectivity index (χ0n) is 17.9. The predicted molar refractivity (Wildman–Crippen MR) is 137 cm³/mol. The van der Waals surface area contributed by atoms with Crippen LogP contribution in [-0.4, -0.2) is 15.5 Å². The van der Waals surface area contributed by atoms with Gasteiger partial charge in [0.2, 0.25) is 10.0 Å². The van der Waals surface area contributed by atoms with Crippen molar-refractivity contribution in [2.75, 3.05) is 7.11 Å². The summed E-state index contributed by atoms with van der Waals surface area (Å²) in [7, 11) is -2.14. The first-order valence-corrected chi connectivity index (χ1v) is 13.1. The number of nitrogens with one attached hydrogen (secondary N) is 1. The zero-order chi connectivity index (χ0) is 24.3. The molecule has 34 heavy (non-hydrogen) atoms. The molecule has 5 nitrogen and oxygen atoms in total. The molecule has 0 radical (unpaired) electrons. The minimum Gasteiger partial charge on any atom is -0.497 e. The first-order valence-electron chi connectivity index (χ1n) is 10.0. The number of nitriles is 1. The molecule has 0 atom stereocenters. The van der Waals surface area contributed by atoms with Crippen LogP contribution in [0.2, 0.25) is 10.0 Å². The molecule has 0 aliphatic carbocycles. The summed E-state index contributed by atoms with van der Waals surface area (Å²) in [4.78, 5) is 1.85. The van der Waals surface area contributed by atoms with Crippen molar-refractivity contribution in [2.24, 2.45) is 0 Å². The topological polar surface area (TPSA) is 79.2 Å². The summed E-state index contributed by atoms with van der Waals surface area (Å²) in [6.07, 6.45) is 0. The normalized spacial score (nSPS) is 11.2. The summed E-state index contributed by atoms with van der Waals surface area (Å²) >= 11 is 14.1. The Morgan fingerprint density at radius 3 is 2.29 bits per heavy atom. The van der Waals surface area contributed by atoms with Gasteiger partial charge >= 0.3 is 0 Å². The van der Waals surface area contributed by atoms with Crippen LogP contribution in [-0.2, 0) is 16.6 Å². The SMILES string of the molecule is COc1ccc(-c2sc(CNS(=O)(=O)c3ccc(C#N)cc3)cc2-c2ccc(Cl)cc2Cl)cc1. The van der Waals surface area contributed by atoms with E-state index in [-0.39, 0.29) is 11.4 Å². The summed E-state index contributed by atoms with van der Waals surface area (Å²) in [5, 5.41) is 9.96. The van der Waals surface area contributed by atoms with Crippen LogP contribution in [0.15, 0.2) is 77.7 Å². The fraction of sp³-hybridized carbons (Fsp3) is 0.0800. The van der Waals surface area contributed by atoms with Crippen molar-refractivity contribution in [3.8, 4) is 33.4 Å². The van der Waals surface area contributed by atoms with Crippen LogP contribution in [0.3, 0.4) is 0 Å². The van der Waals surface area contributed by atoms with Gasteiger partial charge in [-0.15, -0.1) is 11.3 Å². The van der Waals surface area contributed by atoms with E-state index in [9.17, 15) is 8.42 Å². The highest BCUT2D eigenvalue weighted by molar-refractivity contribution is 7.89. The molecule has 172 valence electrons. The Kier molecular flexibility index (Phi) is 7.27. The molecule has 0 bridgehead atoms. The van der Waals surface area contributed by atoms with Gasteiger partial charge in [0, 0.05) is 37.5 Å². The molecular weight excluding hydrogens is 511 g/mol. The third kappa shape index (κ3) is 5.27. The number of rotatable bonds is 7. The second kappa shape index (κ2) is 10.2. The Hall–Kier alpha value is -2.86. The highest BCUT2D eigenvalue weighted by atomic mass is 35.5. The number of hydrogen-bond donors (Lipinski definition) is 1. The largest absolute Gasteiger partial charge is 0.497 e. The summed E-state index contributed by atoms with van der Waals surface area (Å²) in [5.41, 5.74) is 3.03. The Morgan fingerprint density at radius 2 is 1.68 bits per heavy atom. The standard InChI is InChI=1S/C25H18Cl2N2O3S2/c1-32-19-7-4-17(5-8-19)25-23(22-11-6-18(26)12-24(22)27)13-20(33-25)15-29-34(30,31)21-9-2-16(14-28)3-10-21/h2-13,29H,15H2,1H3. The highest BCUT2D eigenvalue weighted by Crippen LogP contribution is 2.43. The molecule has 3 aromatic carbocycles. The first-order chi connectivity index (χ1) is 16.3. The maximum atomic E-state index is 12.8. The minimum atomic E-state index is -3.75. The van der Waals surface area contributed by atoms with Gasteiger partial charge in [-0.3, -0.25) is 0 Å². The molecule has 0 spiro atoms. The average Bonchev–Trinajstić information content (AvgIpc) is 3.27. The Bertz CT molecular complexity index is 1470. The van der Waals surface area contributed by atoms with Gasteiger partial charge in [0.05, 0.1) is 23.6 Å². The molecule has 0 amide bonds. The lowest BCUT2D eigenvalue weighted by molar-refractivity contribution is 0.415. The van der Waals surface area contributed by atoms with E-state index in [0.717, 1.165) is 32.2 Å². The van der Waals surface area contributed by atoms with Crippen molar-refractivity contribution in [1.82, 2.24) is 4.72 Å². The first kappa shape index (κ1) is 24.3. The fourth-order valence-corrected chi connectivity index (χ4v) is 6.08. The quantitative estimate of drug-likeness (QED) is 0.287. The Balaban J connectivity index is 1.69. The van der Waals surface area contributed by atoms with Crippen LogP contribution in [0.1, 0.15) is 10.4 Å². The van der Waals surface area contributed by atoms with E-state index in [1.54, 1.807) is 19.2 Å². The predicted octanol–water partition coefficient (Wildman–Crippen LogP) is 6.75. The van der Waals surface area contributed by atoms with Crippen LogP contribution >= 0.6 is 34.5 Å². The van der Waals surface area contributed by atoms with Gasteiger partial charge < -0.3 is 4.74 Å². The van der Waals surface area contributed by atoms with E-state index in [2.05, 4.69) is 4.72 Å². The molecule has 0 unspecified atom stereocenters. The third-order valence-electron chi connectivity index (χ3n) is 5.09. The number of sulfonamides is 1. The summed E-state index contributed by atoms with van der Waals surface area (Å²) in [6, 6.07) is 22.6. The number of ether oxygens (including phenoxy) is 1. The number of nitrogens with zero attached hydrogens (tertiary/aromatic N) is 1. The van der Waals surface area contributed by atoms with Crippen LogP contribution < -0.4 is 9.46 Å². The fourth-order valence-electron chi connectivity index (χ4n) is 3.35. The minimum absolute atomic E-state index is 0.0967. The second-order valence-corrected chi connectivity index (χ2v) is 11.0. The molecule has 4 rings (SSSR count). The maximum absolute atomic E-state index is 12.8. The Morgan fingerprint density at radius 1 is 0.971 bits per heavy atom. The van der Waals surface area contributed by atoms with Gasteiger partial charge in [-0.05, 0) is 72.3 Å². The van der Waals surface area contributed by atoms with Crippen molar-refractivity contribution in [2.45, 2.75) is 11.4 Å². The van der Waals surface area contributed by atoms with Crippen LogP contribution in [0.25, 0.3) is 21.6 Å². The van der Waals surface area contributed by atoms with E-state index in [4.69, 9.17) is 33.2 Å². The van der Waals surface area contributed by atoms with Gasteiger partial charge in [0.25, 0.3) is 0 Å². The number of thiophene rings is 1. The lowest BCUT2D eigenvalue weighted by Crippen LogP contribution is -2.22. The zero-order valence-corrected chi connectivity index (χ0v) is 21.0. The van der Waals surface area contributed by atoms with Gasteiger partial charge in [0.15, 0.2) is 0 Å². The summed E-state index contributed by atoms with van der Waals surface area (Å²) in [5.74, 6) is 0.738. The number of methoxy groups -OCH3 is 1. The van der Waals surface area contributed by atoms with E-state index in [1.807, 2.05) is 42.5 Å². The van der Waals surface area contributed by atoms with Gasteiger partial charge in [0.1, 0.15) is 5.75 Å². The van der Waals surface area contributed by atoms with Crippen LogP contribution in [0, 0.1) is 11.3 Å². The molecule has 1 heterocycles. The van der Waals surface area contributed by atoms with Gasteiger partial charge in [-0.1, -0.05) is 29.3 Å². The molecule has 0 aliphatic heterocycles. The van der Waals surface area contributed by atoms with E-state index >= 15 is 0 Å². The van der Waals surface area contributed by atoms with Crippen molar-refractivity contribution >= 4 is 44.6 Å².